The Morgan fingerprint density at radius 3 is 2.43 bits per heavy atom. The molecule has 0 bridgehead atoms. The first-order valence-electron chi connectivity index (χ1n) is 1.81. The summed E-state index contributed by atoms with van der Waals surface area (Å²) >= 11 is 2.10. The fourth-order valence-corrected chi connectivity index (χ4v) is 0.262. The zero-order valence-corrected chi connectivity index (χ0v) is 5.76. The monoisotopic (exact) mass is 136 g/mol. The van der Waals surface area contributed by atoms with Gasteiger partial charge in [0.1, 0.15) is 0 Å². The third kappa shape index (κ3) is 3.69. The van der Waals surface area contributed by atoms with Crippen molar-refractivity contribution in [3.8, 4) is 0 Å². The Hall–Kier alpha value is -0.146. The van der Waals surface area contributed by atoms with Crippen molar-refractivity contribution in [2.45, 2.75) is 0 Å². The molecule has 0 aliphatic rings. The Balaban J connectivity index is 3.35. The third-order valence-electron chi connectivity index (χ3n) is 0.424. The van der Waals surface area contributed by atoms with E-state index < -0.39 is 0 Å². The van der Waals surface area contributed by atoms with Gasteiger partial charge in [0.05, 0.1) is 0 Å². The first-order chi connectivity index (χ1) is 3.31. The minimum atomic E-state index is 1.61. The third-order valence-corrected chi connectivity index (χ3v) is 0.864. The van der Waals surface area contributed by atoms with Crippen molar-refractivity contribution in [2.75, 3.05) is 14.1 Å². The van der Waals surface area contributed by atoms with Crippen molar-refractivity contribution in [3.05, 3.63) is 0 Å². The van der Waals surface area contributed by atoms with Crippen LogP contribution in [0.4, 0.5) is 0 Å². The average Bonchev–Trinajstić information content (AvgIpc) is 1.68. The number of hydrogen-bond donors (Lipinski definition) is 0. The molecule has 0 atom stereocenters. The Kier molecular flexibility index (Phi) is 3.94. The van der Waals surface area contributed by atoms with Crippen LogP contribution < -0.4 is 0 Å². The van der Waals surface area contributed by atoms with Gasteiger partial charge in [-0.05, 0) is 0 Å². The van der Waals surface area contributed by atoms with Gasteiger partial charge < -0.3 is 0 Å². The summed E-state index contributed by atoms with van der Waals surface area (Å²) in [6, 6.07) is 0. The molecular weight excluding hydrogens is 129 g/mol. The van der Waals surface area contributed by atoms with Crippen LogP contribution in [0.3, 0.4) is 0 Å². The van der Waals surface area contributed by atoms with E-state index in [1.807, 2.05) is 7.05 Å². The van der Waals surface area contributed by atoms with Gasteiger partial charge in [-0.15, -0.1) is 0 Å². The van der Waals surface area contributed by atoms with Gasteiger partial charge in [-0.3, -0.25) is 0 Å². The number of hydrogen-bond acceptors (Lipinski definition) is 2. The van der Waals surface area contributed by atoms with Gasteiger partial charge in [-0.1, -0.05) is 0 Å². The van der Waals surface area contributed by atoms with Crippen LogP contribution in [0.5, 0.6) is 0 Å². The van der Waals surface area contributed by atoms with Gasteiger partial charge in [0, 0.05) is 0 Å². The summed E-state index contributed by atoms with van der Waals surface area (Å²) in [6.45, 7) is 0. The normalized spacial score (nSPS) is 9.29. The van der Waals surface area contributed by atoms with Crippen molar-refractivity contribution < 1.29 is 17.2 Å². The molecule has 0 unspecified atom stereocenters. The molecule has 0 heterocycles. The number of nitrogens with zero attached hydrogens (tertiary/aromatic N) is 3. The molecule has 0 radical (unpaired) electrons. The molecular formula is C3H7N3V. The van der Waals surface area contributed by atoms with Crippen LogP contribution in [0.2, 0.25) is 0 Å². The van der Waals surface area contributed by atoms with Crippen molar-refractivity contribution in [1.82, 2.24) is 5.01 Å². The van der Waals surface area contributed by atoms with Gasteiger partial charge in [-0.2, -0.15) is 0 Å². The molecule has 4 heteroatoms. The molecule has 0 aromatic rings. The average molecular weight is 136 g/mol. The summed E-state index contributed by atoms with van der Waals surface area (Å²) in [6.07, 6.45) is 1.62. The van der Waals surface area contributed by atoms with Gasteiger partial charge in [-0.25, -0.2) is 0 Å². The summed E-state index contributed by atoms with van der Waals surface area (Å²) in [5.74, 6) is 0. The summed E-state index contributed by atoms with van der Waals surface area (Å²) in [5, 5.41) is 1.61. The molecule has 0 saturated heterocycles. The zero-order chi connectivity index (χ0) is 5.70. The van der Waals surface area contributed by atoms with E-state index in [-0.39, 0.29) is 0 Å². The topological polar surface area (TPSA) is 28.0 Å². The Labute approximate surface area is 52.2 Å². The van der Waals surface area contributed by atoms with E-state index in [2.05, 4.69) is 26.1 Å². The molecule has 3 nitrogen and oxygen atoms in total. The summed E-state index contributed by atoms with van der Waals surface area (Å²) < 4.78 is 3.70. The number of aliphatic imine (C=N–C) groups is 1. The van der Waals surface area contributed by atoms with E-state index in [9.17, 15) is 0 Å². The standard InChI is InChI=1S/C3H7N3.V/c1-5-3-6(2)4;/h3H,1-2H3;. The summed E-state index contributed by atoms with van der Waals surface area (Å²) in [7, 11) is 3.51. The van der Waals surface area contributed by atoms with Gasteiger partial charge in [0.2, 0.25) is 0 Å². The van der Waals surface area contributed by atoms with E-state index in [0.29, 0.717) is 0 Å². The Morgan fingerprint density at radius 1 is 1.71 bits per heavy atom. The second-order valence-corrected chi connectivity index (χ2v) is 1.32. The molecule has 0 amide bonds. The quantitative estimate of drug-likeness (QED) is 0.303. The predicted octanol–water partition coefficient (Wildman–Crippen LogP) is 0.222. The van der Waals surface area contributed by atoms with Crippen molar-refractivity contribution >= 4 is 6.34 Å². The molecule has 0 rings (SSSR count). The predicted molar refractivity (Wildman–Crippen MR) is 24.6 cm³/mol. The van der Waals surface area contributed by atoms with Crippen LogP contribution in [0.25, 0.3) is 0 Å². The number of rotatable bonds is 2. The SMILES string of the molecule is CN=CN(C)[N]=[V]. The molecule has 0 aromatic heterocycles. The van der Waals surface area contributed by atoms with E-state index in [1.54, 1.807) is 18.4 Å². The van der Waals surface area contributed by atoms with Gasteiger partial charge in [0.25, 0.3) is 0 Å². The molecule has 39 valence electrons. The van der Waals surface area contributed by atoms with Crippen molar-refractivity contribution in [3.63, 3.8) is 0 Å². The maximum absolute atomic E-state index is 3.70. The Morgan fingerprint density at radius 2 is 2.29 bits per heavy atom. The van der Waals surface area contributed by atoms with Crippen LogP contribution in [-0.4, -0.2) is 25.4 Å². The molecule has 7 heavy (non-hydrogen) atoms. The fourth-order valence-electron chi connectivity index (χ4n) is 0.190. The van der Waals surface area contributed by atoms with Crippen LogP contribution in [0, 0.1) is 0 Å². The second-order valence-electron chi connectivity index (χ2n) is 1.04. The van der Waals surface area contributed by atoms with Gasteiger partial charge >= 0.3 is 51.6 Å². The first-order valence-corrected chi connectivity index (χ1v) is 2.44. The molecule has 0 saturated carbocycles. The zero-order valence-electron chi connectivity index (χ0n) is 4.37. The van der Waals surface area contributed by atoms with E-state index >= 15 is 0 Å². The second kappa shape index (κ2) is 4.03. The molecule has 0 fully saturated rings. The first kappa shape index (κ1) is 6.85. The van der Waals surface area contributed by atoms with E-state index in [4.69, 9.17) is 0 Å². The van der Waals surface area contributed by atoms with Crippen LogP contribution in [-0.2, 0) is 17.2 Å². The Bertz CT molecular complexity index is 80.2. The van der Waals surface area contributed by atoms with Crippen LogP contribution in [0.1, 0.15) is 0 Å². The maximum atomic E-state index is 3.70. The van der Waals surface area contributed by atoms with Crippen LogP contribution in [0.15, 0.2) is 8.89 Å². The van der Waals surface area contributed by atoms with Crippen molar-refractivity contribution in [2.24, 2.45) is 8.89 Å². The molecule has 0 spiro atoms. The summed E-state index contributed by atoms with van der Waals surface area (Å²) in [4.78, 5) is 3.70. The van der Waals surface area contributed by atoms with Crippen molar-refractivity contribution in [1.29, 1.82) is 0 Å². The minimum absolute atomic E-state index is 1.61. The molecule has 0 N–H and O–H groups in total. The molecule has 0 aromatic carbocycles. The van der Waals surface area contributed by atoms with E-state index in [0.717, 1.165) is 0 Å². The molecule has 0 aliphatic heterocycles. The van der Waals surface area contributed by atoms with E-state index in [1.165, 1.54) is 0 Å². The van der Waals surface area contributed by atoms with Crippen LogP contribution >= 0.6 is 0 Å². The summed E-state index contributed by atoms with van der Waals surface area (Å²) in [5.41, 5.74) is 0. The molecule has 0 aliphatic carbocycles. The fraction of sp³-hybridized carbons (Fsp3) is 0.667. The van der Waals surface area contributed by atoms with Gasteiger partial charge in [0.15, 0.2) is 0 Å².